The Kier molecular flexibility index (Phi) is 5.44. The van der Waals surface area contributed by atoms with Crippen molar-refractivity contribution in [2.24, 2.45) is 0 Å². The fraction of sp³-hybridized carbons (Fsp3) is 0.381. The van der Waals surface area contributed by atoms with E-state index < -0.39 is 24.9 Å². The van der Waals surface area contributed by atoms with Crippen molar-refractivity contribution in [3.05, 3.63) is 30.5 Å². The average molecular weight is 492 g/mol. The minimum Gasteiger partial charge on any atom is -0.479 e. The third kappa shape index (κ3) is 4.31. The molecule has 1 saturated heterocycles. The summed E-state index contributed by atoms with van der Waals surface area (Å²) in [7, 11) is 1.42. The zero-order valence-electron chi connectivity index (χ0n) is 18.6. The number of aromatic nitrogens is 6. The molecule has 0 radical (unpaired) electrons. The number of rotatable bonds is 5. The van der Waals surface area contributed by atoms with Gasteiger partial charge in [-0.2, -0.15) is 18.2 Å². The molecule has 35 heavy (non-hydrogen) atoms. The van der Waals surface area contributed by atoms with Gasteiger partial charge in [0.05, 0.1) is 25.2 Å². The number of carbonyl (C=O) groups is 1. The van der Waals surface area contributed by atoms with Crippen molar-refractivity contribution in [3.63, 3.8) is 0 Å². The fourth-order valence-corrected chi connectivity index (χ4v) is 4.17. The summed E-state index contributed by atoms with van der Waals surface area (Å²) in [4.78, 5) is 17.3. The Morgan fingerprint density at radius 3 is 2.74 bits per heavy atom. The Balaban J connectivity index is 1.50. The van der Waals surface area contributed by atoms with E-state index >= 15 is 0 Å². The predicted molar refractivity (Wildman–Crippen MR) is 117 cm³/mol. The highest BCUT2D eigenvalue weighted by atomic mass is 19.4. The van der Waals surface area contributed by atoms with Gasteiger partial charge >= 0.3 is 6.18 Å². The predicted octanol–water partition coefficient (Wildman–Crippen LogP) is 2.69. The third-order valence-corrected chi connectivity index (χ3v) is 5.83. The van der Waals surface area contributed by atoms with E-state index in [1.165, 1.54) is 23.4 Å². The number of alkyl halides is 4. The van der Waals surface area contributed by atoms with Crippen LogP contribution in [0.3, 0.4) is 0 Å². The maximum absolute atomic E-state index is 14.4. The first-order valence-electron chi connectivity index (χ1n) is 10.6. The van der Waals surface area contributed by atoms with Crippen LogP contribution in [0.4, 0.5) is 23.5 Å². The quantitative estimate of drug-likeness (QED) is 0.428. The van der Waals surface area contributed by atoms with E-state index in [-0.39, 0.29) is 36.3 Å². The molecule has 2 atom stereocenters. The van der Waals surface area contributed by atoms with Crippen molar-refractivity contribution >= 4 is 28.4 Å². The maximum atomic E-state index is 14.4. The number of hydrogen-bond acceptors (Lipinski definition) is 7. The number of nitrogens with one attached hydrogen (secondary N) is 1. The van der Waals surface area contributed by atoms with Crippen molar-refractivity contribution in [3.8, 4) is 17.0 Å². The lowest BCUT2D eigenvalue weighted by molar-refractivity contribution is -0.142. The topological polar surface area (TPSA) is 102 Å². The van der Waals surface area contributed by atoms with E-state index in [9.17, 15) is 22.4 Å². The smallest absolute Gasteiger partial charge is 0.408 e. The Morgan fingerprint density at radius 1 is 1.26 bits per heavy atom. The number of anilines is 1. The number of nitrogens with zero attached hydrogens (tertiary/aromatic N) is 7. The van der Waals surface area contributed by atoms with Gasteiger partial charge in [0, 0.05) is 25.2 Å². The third-order valence-electron chi connectivity index (χ3n) is 5.83. The number of benzene rings is 1. The number of ether oxygens (including phenoxy) is 1. The van der Waals surface area contributed by atoms with E-state index in [2.05, 4.69) is 25.7 Å². The molecule has 1 aromatic carbocycles. The van der Waals surface area contributed by atoms with Crippen LogP contribution in [-0.4, -0.2) is 79.0 Å². The van der Waals surface area contributed by atoms with E-state index in [0.717, 1.165) is 4.68 Å². The van der Waals surface area contributed by atoms with Crippen LogP contribution >= 0.6 is 0 Å². The summed E-state index contributed by atoms with van der Waals surface area (Å²) < 4.78 is 60.9. The van der Waals surface area contributed by atoms with Crippen molar-refractivity contribution < 1.29 is 27.1 Å². The average Bonchev–Trinajstić information content (AvgIpc) is 3.49. The zero-order valence-corrected chi connectivity index (χ0v) is 18.6. The van der Waals surface area contributed by atoms with Gasteiger partial charge in [0.15, 0.2) is 0 Å². The van der Waals surface area contributed by atoms with Crippen molar-refractivity contribution in [1.29, 1.82) is 0 Å². The van der Waals surface area contributed by atoms with Crippen LogP contribution in [0, 0.1) is 0 Å². The molecule has 10 nitrogen and oxygen atoms in total. The number of methoxy groups -OCH3 is 1. The Hall–Kier alpha value is -3.97. The van der Waals surface area contributed by atoms with Crippen LogP contribution < -0.4 is 10.1 Å². The Labute approximate surface area is 195 Å². The second kappa shape index (κ2) is 8.36. The first-order chi connectivity index (χ1) is 16.6. The summed E-state index contributed by atoms with van der Waals surface area (Å²) in [5.74, 6) is 0.0727. The lowest BCUT2D eigenvalue weighted by Crippen LogP contribution is -2.32. The van der Waals surface area contributed by atoms with Gasteiger partial charge in [-0.1, -0.05) is 11.3 Å². The van der Waals surface area contributed by atoms with Crippen LogP contribution in [0.15, 0.2) is 30.5 Å². The van der Waals surface area contributed by atoms with Crippen molar-refractivity contribution in [2.75, 3.05) is 25.5 Å². The van der Waals surface area contributed by atoms with Crippen LogP contribution in [0.2, 0.25) is 0 Å². The summed E-state index contributed by atoms with van der Waals surface area (Å²) >= 11 is 0. The first-order valence-corrected chi connectivity index (χ1v) is 10.6. The molecule has 1 N–H and O–H groups in total. The van der Waals surface area contributed by atoms with Gasteiger partial charge in [-0.25, -0.2) is 13.6 Å². The summed E-state index contributed by atoms with van der Waals surface area (Å²) in [6.07, 6.45) is -4.09. The SMILES string of the molecule is COc1nc(N[C@@H]2CN(C(C)=O)C[C@@H]2F)nn2ccc(-c3ccc4nnn(CC(F)(F)F)c4c3)c12. The van der Waals surface area contributed by atoms with Gasteiger partial charge < -0.3 is 15.0 Å². The Bertz CT molecular complexity index is 1420. The molecule has 4 heterocycles. The highest BCUT2D eigenvalue weighted by molar-refractivity contribution is 5.89. The largest absolute Gasteiger partial charge is 0.479 e. The van der Waals surface area contributed by atoms with E-state index in [1.54, 1.807) is 30.5 Å². The molecule has 1 aliphatic rings. The van der Waals surface area contributed by atoms with E-state index in [4.69, 9.17) is 4.74 Å². The molecule has 0 aliphatic carbocycles. The molecule has 1 amide bonds. The molecule has 4 aromatic rings. The molecule has 0 saturated carbocycles. The molecule has 14 heteroatoms. The van der Waals surface area contributed by atoms with Crippen LogP contribution in [0.25, 0.3) is 27.7 Å². The monoisotopic (exact) mass is 492 g/mol. The van der Waals surface area contributed by atoms with Crippen LogP contribution in [0.5, 0.6) is 5.88 Å². The highest BCUT2D eigenvalue weighted by Crippen LogP contribution is 2.33. The number of carbonyl (C=O) groups excluding carboxylic acids is 1. The van der Waals surface area contributed by atoms with Crippen LogP contribution in [-0.2, 0) is 11.3 Å². The number of fused-ring (bicyclic) bond motifs is 2. The standard InChI is InChI=1S/C21H20F4N8O2/c1-11(34)31-8-14(22)16(9-31)26-20-27-19(35-2)18-13(5-6-32(18)29-20)12-3-4-15-17(7-12)33(30-28-15)10-21(23,24)25/h3-7,14,16H,8-10H2,1-2H3,(H,26,29)/t14-,16+/m0/s1. The molecule has 1 fully saturated rings. The molecule has 0 bridgehead atoms. The molecule has 184 valence electrons. The van der Waals surface area contributed by atoms with Gasteiger partial charge in [0.25, 0.3) is 0 Å². The molecule has 1 aliphatic heterocycles. The lowest BCUT2D eigenvalue weighted by atomic mass is 10.1. The lowest BCUT2D eigenvalue weighted by Gasteiger charge is -2.16. The maximum Gasteiger partial charge on any atom is 0.408 e. The highest BCUT2D eigenvalue weighted by Gasteiger charge is 2.35. The van der Waals surface area contributed by atoms with Gasteiger partial charge in [-0.15, -0.1) is 10.2 Å². The minimum atomic E-state index is -4.45. The molecule has 0 unspecified atom stereocenters. The second-order valence-corrected chi connectivity index (χ2v) is 8.22. The molecule has 0 spiro atoms. The number of amides is 1. The van der Waals surface area contributed by atoms with Gasteiger partial charge in [0.2, 0.25) is 17.7 Å². The van der Waals surface area contributed by atoms with Crippen molar-refractivity contribution in [2.45, 2.75) is 31.9 Å². The van der Waals surface area contributed by atoms with E-state index in [0.29, 0.717) is 22.2 Å². The Morgan fingerprint density at radius 2 is 2.06 bits per heavy atom. The summed E-state index contributed by atoms with van der Waals surface area (Å²) in [5, 5.41) is 14.7. The van der Waals surface area contributed by atoms with Crippen LogP contribution in [0.1, 0.15) is 6.92 Å². The number of halogens is 4. The second-order valence-electron chi connectivity index (χ2n) is 8.22. The summed E-state index contributed by atoms with van der Waals surface area (Å²) in [6.45, 7) is 0.285. The molecule has 3 aromatic heterocycles. The van der Waals surface area contributed by atoms with Gasteiger partial charge in [-0.05, 0) is 23.8 Å². The number of hydrogen-bond donors (Lipinski definition) is 1. The molecular weight excluding hydrogens is 472 g/mol. The normalized spacial score (nSPS) is 18.5. The van der Waals surface area contributed by atoms with Gasteiger partial charge in [-0.3, -0.25) is 4.79 Å². The zero-order chi connectivity index (χ0) is 24.9. The van der Waals surface area contributed by atoms with Gasteiger partial charge in [0.1, 0.15) is 23.7 Å². The summed E-state index contributed by atoms with van der Waals surface area (Å²) in [5.41, 5.74) is 2.23. The number of likely N-dealkylation sites (tertiary alicyclic amines) is 1. The van der Waals surface area contributed by atoms with E-state index in [1.807, 2.05) is 0 Å². The fourth-order valence-electron chi connectivity index (χ4n) is 4.17. The molecular formula is C21H20F4N8O2. The minimum absolute atomic E-state index is 0.0116. The first kappa shape index (κ1) is 22.8. The summed E-state index contributed by atoms with van der Waals surface area (Å²) in [6, 6.07) is 5.89. The molecule has 5 rings (SSSR count). The van der Waals surface area contributed by atoms with Crippen molar-refractivity contribution in [1.82, 2.24) is 34.5 Å².